The topological polar surface area (TPSA) is 35.6 Å². The molecular formula is C15H25ClN4. The number of rotatable bonds is 7. The Labute approximate surface area is 126 Å². The standard InChI is InChI=1S/C15H25ClN4/c1-5-8-11(6-2)20-13(9-10-16)17-14-12(7-3)18-19(4)15(14)20/h11H,5-10H2,1-4H3. The van der Waals surface area contributed by atoms with Crippen LogP contribution in [-0.2, 0) is 19.9 Å². The highest BCUT2D eigenvalue weighted by molar-refractivity contribution is 6.17. The summed E-state index contributed by atoms with van der Waals surface area (Å²) < 4.78 is 4.37. The molecule has 0 aliphatic carbocycles. The van der Waals surface area contributed by atoms with E-state index in [1.165, 1.54) is 12.8 Å². The highest BCUT2D eigenvalue weighted by Gasteiger charge is 2.22. The molecule has 0 N–H and O–H groups in total. The maximum absolute atomic E-state index is 5.97. The Kier molecular flexibility index (Phi) is 5.08. The minimum atomic E-state index is 0.489. The quantitative estimate of drug-likeness (QED) is 0.727. The van der Waals surface area contributed by atoms with Crippen LogP contribution < -0.4 is 0 Å². The second-order valence-electron chi connectivity index (χ2n) is 5.28. The Morgan fingerprint density at radius 2 is 2.00 bits per heavy atom. The number of alkyl halides is 1. The lowest BCUT2D eigenvalue weighted by Crippen LogP contribution is -2.14. The third-order valence-electron chi connectivity index (χ3n) is 3.92. The van der Waals surface area contributed by atoms with Gasteiger partial charge in [0, 0.05) is 25.4 Å². The molecule has 4 nitrogen and oxygen atoms in total. The summed E-state index contributed by atoms with van der Waals surface area (Å²) in [6.45, 7) is 6.61. The molecule has 0 spiro atoms. The number of halogens is 1. The zero-order chi connectivity index (χ0) is 14.7. The van der Waals surface area contributed by atoms with E-state index in [1.54, 1.807) is 0 Å². The second kappa shape index (κ2) is 6.61. The first kappa shape index (κ1) is 15.4. The van der Waals surface area contributed by atoms with Crippen LogP contribution in [0.15, 0.2) is 0 Å². The summed E-state index contributed by atoms with van der Waals surface area (Å²) in [5.74, 6) is 1.72. The molecule has 5 heteroatoms. The SMILES string of the molecule is CCCC(CC)n1c(CCCl)nc2c(CC)nn(C)c21. The molecule has 112 valence electrons. The van der Waals surface area contributed by atoms with Crippen molar-refractivity contribution in [2.24, 2.45) is 7.05 Å². The molecule has 2 rings (SSSR count). The lowest BCUT2D eigenvalue weighted by molar-refractivity contribution is 0.438. The van der Waals surface area contributed by atoms with Gasteiger partial charge in [0.15, 0.2) is 5.65 Å². The summed E-state index contributed by atoms with van der Waals surface area (Å²) >= 11 is 5.97. The van der Waals surface area contributed by atoms with Gasteiger partial charge in [-0.3, -0.25) is 4.68 Å². The van der Waals surface area contributed by atoms with Gasteiger partial charge in [-0.25, -0.2) is 4.98 Å². The second-order valence-corrected chi connectivity index (χ2v) is 5.66. The zero-order valence-corrected chi connectivity index (χ0v) is 13.7. The van der Waals surface area contributed by atoms with Crippen LogP contribution in [0.2, 0.25) is 0 Å². The van der Waals surface area contributed by atoms with E-state index in [0.717, 1.165) is 41.9 Å². The molecule has 1 atom stereocenters. The number of imidazole rings is 1. The monoisotopic (exact) mass is 296 g/mol. The van der Waals surface area contributed by atoms with Crippen LogP contribution in [0.3, 0.4) is 0 Å². The first-order valence-electron chi connectivity index (χ1n) is 7.66. The minimum Gasteiger partial charge on any atom is -0.310 e. The van der Waals surface area contributed by atoms with Gasteiger partial charge in [0.25, 0.3) is 0 Å². The van der Waals surface area contributed by atoms with Gasteiger partial charge in [0.05, 0.1) is 5.69 Å². The fourth-order valence-corrected chi connectivity index (χ4v) is 3.15. The Bertz CT molecular complexity index is 570. The predicted octanol–water partition coefficient (Wildman–Crippen LogP) is 3.86. The molecule has 0 aromatic carbocycles. The van der Waals surface area contributed by atoms with E-state index >= 15 is 0 Å². The van der Waals surface area contributed by atoms with Crippen molar-refractivity contribution in [3.05, 3.63) is 11.5 Å². The molecule has 0 saturated heterocycles. The fraction of sp³-hybridized carbons (Fsp3) is 0.733. The minimum absolute atomic E-state index is 0.489. The first-order chi connectivity index (χ1) is 9.67. The van der Waals surface area contributed by atoms with Gasteiger partial charge in [-0.05, 0) is 19.3 Å². The van der Waals surface area contributed by atoms with E-state index in [2.05, 4.69) is 30.4 Å². The Morgan fingerprint density at radius 3 is 2.55 bits per heavy atom. The van der Waals surface area contributed by atoms with Gasteiger partial charge in [0.2, 0.25) is 0 Å². The van der Waals surface area contributed by atoms with Gasteiger partial charge in [-0.15, -0.1) is 11.6 Å². The van der Waals surface area contributed by atoms with Crippen molar-refractivity contribution >= 4 is 22.8 Å². The molecule has 0 fully saturated rings. The molecule has 20 heavy (non-hydrogen) atoms. The summed E-state index contributed by atoms with van der Waals surface area (Å²) in [5, 5.41) is 4.61. The number of nitrogens with zero attached hydrogens (tertiary/aromatic N) is 4. The Hall–Kier alpha value is -1.03. The molecule has 1 unspecified atom stereocenters. The van der Waals surface area contributed by atoms with Gasteiger partial charge in [-0.2, -0.15) is 5.10 Å². The molecule has 0 aliphatic heterocycles. The summed E-state index contributed by atoms with van der Waals surface area (Å²) in [6, 6.07) is 0.489. The van der Waals surface area contributed by atoms with Crippen molar-refractivity contribution in [2.45, 2.75) is 58.9 Å². The lowest BCUT2D eigenvalue weighted by Gasteiger charge is -2.19. The third kappa shape index (κ3) is 2.58. The lowest BCUT2D eigenvalue weighted by atomic mass is 10.1. The van der Waals surface area contributed by atoms with E-state index in [4.69, 9.17) is 16.6 Å². The van der Waals surface area contributed by atoms with Crippen LogP contribution in [-0.4, -0.2) is 25.2 Å². The third-order valence-corrected chi connectivity index (χ3v) is 4.11. The van der Waals surface area contributed by atoms with Gasteiger partial charge >= 0.3 is 0 Å². The Morgan fingerprint density at radius 1 is 1.25 bits per heavy atom. The van der Waals surface area contributed by atoms with Crippen LogP contribution in [0.1, 0.15) is 57.6 Å². The molecule has 0 radical (unpaired) electrons. The molecule has 0 amide bonds. The molecular weight excluding hydrogens is 272 g/mol. The number of hydrogen-bond acceptors (Lipinski definition) is 2. The number of fused-ring (bicyclic) bond motifs is 1. The number of hydrogen-bond donors (Lipinski definition) is 0. The first-order valence-corrected chi connectivity index (χ1v) is 8.19. The van der Waals surface area contributed by atoms with Crippen molar-refractivity contribution in [2.75, 3.05) is 5.88 Å². The highest BCUT2D eigenvalue weighted by atomic mass is 35.5. The molecule has 0 aliphatic rings. The molecule has 0 saturated carbocycles. The van der Waals surface area contributed by atoms with Crippen LogP contribution in [0, 0.1) is 0 Å². The van der Waals surface area contributed by atoms with E-state index in [-0.39, 0.29) is 0 Å². The van der Waals surface area contributed by atoms with Crippen molar-refractivity contribution in [3.63, 3.8) is 0 Å². The molecule has 2 aromatic heterocycles. The normalized spacial score (nSPS) is 13.2. The van der Waals surface area contributed by atoms with Gasteiger partial charge in [-0.1, -0.05) is 27.2 Å². The van der Waals surface area contributed by atoms with E-state index < -0.39 is 0 Å². The molecule has 2 aromatic rings. The Balaban J connectivity index is 2.63. The number of aryl methyl sites for hydroxylation is 3. The average Bonchev–Trinajstić information content (AvgIpc) is 2.95. The predicted molar refractivity (Wildman–Crippen MR) is 84.5 cm³/mol. The smallest absolute Gasteiger partial charge is 0.158 e. The summed E-state index contributed by atoms with van der Waals surface area (Å²) in [5.41, 5.74) is 3.30. The van der Waals surface area contributed by atoms with E-state index in [1.807, 2.05) is 11.7 Å². The van der Waals surface area contributed by atoms with Crippen LogP contribution in [0.5, 0.6) is 0 Å². The highest BCUT2D eigenvalue weighted by Crippen LogP contribution is 2.28. The van der Waals surface area contributed by atoms with Crippen molar-refractivity contribution in [3.8, 4) is 0 Å². The van der Waals surface area contributed by atoms with Crippen LogP contribution in [0.4, 0.5) is 0 Å². The van der Waals surface area contributed by atoms with E-state index in [0.29, 0.717) is 11.9 Å². The van der Waals surface area contributed by atoms with Crippen LogP contribution in [0.25, 0.3) is 11.2 Å². The van der Waals surface area contributed by atoms with Crippen molar-refractivity contribution in [1.29, 1.82) is 0 Å². The maximum atomic E-state index is 5.97. The van der Waals surface area contributed by atoms with E-state index in [9.17, 15) is 0 Å². The van der Waals surface area contributed by atoms with Gasteiger partial charge in [0.1, 0.15) is 11.3 Å². The fourth-order valence-electron chi connectivity index (χ4n) is 2.98. The summed E-state index contributed by atoms with van der Waals surface area (Å²) in [6.07, 6.45) is 5.20. The van der Waals surface area contributed by atoms with Gasteiger partial charge < -0.3 is 4.57 Å². The van der Waals surface area contributed by atoms with Crippen molar-refractivity contribution in [1.82, 2.24) is 19.3 Å². The number of aromatic nitrogens is 4. The molecule has 0 bridgehead atoms. The largest absolute Gasteiger partial charge is 0.310 e. The molecule has 2 heterocycles. The van der Waals surface area contributed by atoms with Crippen molar-refractivity contribution < 1.29 is 0 Å². The summed E-state index contributed by atoms with van der Waals surface area (Å²) in [7, 11) is 2.02. The average molecular weight is 297 g/mol. The van der Waals surface area contributed by atoms with Crippen LogP contribution >= 0.6 is 11.6 Å². The summed E-state index contributed by atoms with van der Waals surface area (Å²) in [4.78, 5) is 4.84. The zero-order valence-electron chi connectivity index (χ0n) is 13.0. The maximum Gasteiger partial charge on any atom is 0.158 e.